The second-order valence-corrected chi connectivity index (χ2v) is 6.51. The van der Waals surface area contributed by atoms with Gasteiger partial charge in [-0.3, -0.25) is 9.59 Å². The van der Waals surface area contributed by atoms with Crippen molar-refractivity contribution in [2.75, 3.05) is 6.54 Å². The van der Waals surface area contributed by atoms with Gasteiger partial charge in [-0.25, -0.2) is 9.07 Å². The number of amides is 1. The summed E-state index contributed by atoms with van der Waals surface area (Å²) in [6, 6.07) is 18.4. The van der Waals surface area contributed by atoms with E-state index in [2.05, 4.69) is 10.4 Å². The van der Waals surface area contributed by atoms with Crippen LogP contribution < -0.4 is 15.6 Å². The molecule has 0 bridgehead atoms. The van der Waals surface area contributed by atoms with Gasteiger partial charge in [-0.05, 0) is 31.5 Å². The highest BCUT2D eigenvalue weighted by atomic mass is 19.1. The summed E-state index contributed by atoms with van der Waals surface area (Å²) in [5.74, 6) is -0.445. The molecule has 0 spiro atoms. The van der Waals surface area contributed by atoms with E-state index in [0.29, 0.717) is 31.0 Å². The molecule has 0 aliphatic rings. The number of aromatic nitrogens is 2. The Hall–Kier alpha value is -3.48. The van der Waals surface area contributed by atoms with Crippen LogP contribution >= 0.6 is 0 Å². The predicted octanol–water partition coefficient (Wildman–Crippen LogP) is 3.02. The molecule has 150 valence electrons. The van der Waals surface area contributed by atoms with E-state index in [1.54, 1.807) is 19.1 Å². The topological polar surface area (TPSA) is 73.2 Å². The molecule has 0 radical (unpaired) electrons. The van der Waals surface area contributed by atoms with Crippen molar-refractivity contribution in [1.82, 2.24) is 15.1 Å². The standard InChI is InChI=1S/C22H22FN3O3/c1-16(29-19-10-5-9-18(23)15-19)22(28)24-13-6-14-26-21(27)12-11-20(25-26)17-7-3-2-4-8-17/h2-5,7-12,15-16H,6,13-14H2,1H3,(H,24,28)/t16-/m0/s1. The first-order chi connectivity index (χ1) is 14.0. The molecule has 0 saturated carbocycles. The Labute approximate surface area is 168 Å². The Morgan fingerprint density at radius 2 is 1.93 bits per heavy atom. The number of rotatable bonds is 8. The van der Waals surface area contributed by atoms with Gasteiger partial charge >= 0.3 is 0 Å². The quantitative estimate of drug-likeness (QED) is 0.595. The summed E-state index contributed by atoms with van der Waals surface area (Å²) in [6.45, 7) is 2.33. The first-order valence-corrected chi connectivity index (χ1v) is 9.36. The Morgan fingerprint density at radius 3 is 2.69 bits per heavy atom. The fraction of sp³-hybridized carbons (Fsp3) is 0.227. The summed E-state index contributed by atoms with van der Waals surface area (Å²) in [5.41, 5.74) is 1.45. The molecule has 2 aromatic carbocycles. The monoisotopic (exact) mass is 395 g/mol. The molecule has 7 heteroatoms. The second-order valence-electron chi connectivity index (χ2n) is 6.51. The molecule has 3 aromatic rings. The van der Waals surface area contributed by atoms with Crippen molar-refractivity contribution in [3.8, 4) is 17.0 Å². The van der Waals surface area contributed by atoms with Crippen molar-refractivity contribution in [3.05, 3.63) is 82.9 Å². The van der Waals surface area contributed by atoms with Crippen LogP contribution in [0, 0.1) is 5.82 Å². The van der Waals surface area contributed by atoms with Crippen LogP contribution in [-0.4, -0.2) is 28.3 Å². The summed E-state index contributed by atoms with van der Waals surface area (Å²) in [5, 5.41) is 7.14. The van der Waals surface area contributed by atoms with Gasteiger partial charge in [0, 0.05) is 30.8 Å². The number of aryl methyl sites for hydroxylation is 1. The summed E-state index contributed by atoms with van der Waals surface area (Å²) >= 11 is 0. The molecule has 0 fully saturated rings. The van der Waals surface area contributed by atoms with Crippen LogP contribution in [0.2, 0.25) is 0 Å². The largest absolute Gasteiger partial charge is 0.481 e. The lowest BCUT2D eigenvalue weighted by atomic mass is 10.1. The fourth-order valence-corrected chi connectivity index (χ4v) is 2.75. The zero-order valence-electron chi connectivity index (χ0n) is 16.0. The maximum absolute atomic E-state index is 13.2. The number of nitrogens with one attached hydrogen (secondary N) is 1. The first-order valence-electron chi connectivity index (χ1n) is 9.36. The zero-order valence-corrected chi connectivity index (χ0v) is 16.0. The van der Waals surface area contributed by atoms with Crippen LogP contribution in [0.5, 0.6) is 5.75 Å². The first kappa shape index (κ1) is 20.3. The van der Waals surface area contributed by atoms with Crippen molar-refractivity contribution < 1.29 is 13.9 Å². The smallest absolute Gasteiger partial charge is 0.266 e. The van der Waals surface area contributed by atoms with Crippen LogP contribution in [0.4, 0.5) is 4.39 Å². The number of benzene rings is 2. The van der Waals surface area contributed by atoms with E-state index in [1.807, 2.05) is 30.3 Å². The molecule has 29 heavy (non-hydrogen) atoms. The zero-order chi connectivity index (χ0) is 20.6. The lowest BCUT2D eigenvalue weighted by Crippen LogP contribution is -2.37. The van der Waals surface area contributed by atoms with Gasteiger partial charge in [-0.1, -0.05) is 36.4 Å². The molecule has 1 heterocycles. The van der Waals surface area contributed by atoms with E-state index >= 15 is 0 Å². The van der Waals surface area contributed by atoms with Crippen molar-refractivity contribution in [2.45, 2.75) is 26.0 Å². The van der Waals surface area contributed by atoms with Crippen LogP contribution in [0.25, 0.3) is 11.3 Å². The van der Waals surface area contributed by atoms with E-state index in [0.717, 1.165) is 5.56 Å². The third-order valence-corrected chi connectivity index (χ3v) is 4.26. The Balaban J connectivity index is 1.50. The van der Waals surface area contributed by atoms with E-state index in [1.165, 1.54) is 28.9 Å². The maximum Gasteiger partial charge on any atom is 0.266 e. The van der Waals surface area contributed by atoms with E-state index in [-0.39, 0.29) is 11.5 Å². The van der Waals surface area contributed by atoms with Gasteiger partial charge in [-0.15, -0.1) is 0 Å². The van der Waals surface area contributed by atoms with E-state index in [4.69, 9.17) is 4.74 Å². The predicted molar refractivity (Wildman–Crippen MR) is 108 cm³/mol. The van der Waals surface area contributed by atoms with Crippen LogP contribution in [0.15, 0.2) is 71.5 Å². The van der Waals surface area contributed by atoms with Gasteiger partial charge in [0.05, 0.1) is 5.69 Å². The Kier molecular flexibility index (Phi) is 6.73. The molecule has 0 unspecified atom stereocenters. The van der Waals surface area contributed by atoms with Gasteiger partial charge in [-0.2, -0.15) is 5.10 Å². The molecule has 0 saturated heterocycles. The van der Waals surface area contributed by atoms with Gasteiger partial charge in [0.15, 0.2) is 6.10 Å². The van der Waals surface area contributed by atoms with Crippen LogP contribution in [0.1, 0.15) is 13.3 Å². The number of nitrogens with zero attached hydrogens (tertiary/aromatic N) is 2. The molecular weight excluding hydrogens is 373 g/mol. The number of ether oxygens (including phenoxy) is 1. The maximum atomic E-state index is 13.2. The van der Waals surface area contributed by atoms with Crippen molar-refractivity contribution >= 4 is 5.91 Å². The van der Waals surface area contributed by atoms with Crippen molar-refractivity contribution in [1.29, 1.82) is 0 Å². The average molecular weight is 395 g/mol. The van der Waals surface area contributed by atoms with E-state index in [9.17, 15) is 14.0 Å². The number of carbonyl (C=O) groups excluding carboxylic acids is 1. The molecule has 1 atom stereocenters. The summed E-state index contributed by atoms with van der Waals surface area (Å²) in [7, 11) is 0. The molecule has 1 N–H and O–H groups in total. The highest BCUT2D eigenvalue weighted by Gasteiger charge is 2.14. The average Bonchev–Trinajstić information content (AvgIpc) is 2.73. The molecule has 6 nitrogen and oxygen atoms in total. The highest BCUT2D eigenvalue weighted by Crippen LogP contribution is 2.14. The van der Waals surface area contributed by atoms with Gasteiger partial charge in [0.2, 0.25) is 0 Å². The van der Waals surface area contributed by atoms with Crippen molar-refractivity contribution in [2.24, 2.45) is 0 Å². The second kappa shape index (κ2) is 9.64. The molecular formula is C22H22FN3O3. The van der Waals surface area contributed by atoms with Gasteiger partial charge in [0.1, 0.15) is 11.6 Å². The van der Waals surface area contributed by atoms with E-state index < -0.39 is 11.9 Å². The molecule has 0 aliphatic heterocycles. The lowest BCUT2D eigenvalue weighted by Gasteiger charge is -2.15. The Bertz CT molecular complexity index is 1020. The minimum atomic E-state index is -0.765. The minimum absolute atomic E-state index is 0.196. The number of carbonyl (C=O) groups is 1. The molecule has 3 rings (SSSR count). The lowest BCUT2D eigenvalue weighted by molar-refractivity contribution is -0.127. The number of hydrogen-bond acceptors (Lipinski definition) is 4. The third kappa shape index (κ3) is 5.75. The number of halogens is 1. The SMILES string of the molecule is C[C@H](Oc1cccc(F)c1)C(=O)NCCCn1nc(-c2ccccc2)ccc1=O. The van der Waals surface area contributed by atoms with Crippen molar-refractivity contribution in [3.63, 3.8) is 0 Å². The summed E-state index contributed by atoms with van der Waals surface area (Å²) in [6.07, 6.45) is -0.233. The fourth-order valence-electron chi connectivity index (χ4n) is 2.75. The summed E-state index contributed by atoms with van der Waals surface area (Å²) < 4.78 is 20.0. The van der Waals surface area contributed by atoms with Crippen LogP contribution in [0.3, 0.4) is 0 Å². The minimum Gasteiger partial charge on any atom is -0.481 e. The highest BCUT2D eigenvalue weighted by molar-refractivity contribution is 5.80. The molecule has 1 aromatic heterocycles. The van der Waals surface area contributed by atoms with Gasteiger partial charge < -0.3 is 10.1 Å². The molecule has 1 amide bonds. The normalized spacial score (nSPS) is 11.7. The summed E-state index contributed by atoms with van der Waals surface area (Å²) in [4.78, 5) is 24.2. The Morgan fingerprint density at radius 1 is 1.14 bits per heavy atom. The van der Waals surface area contributed by atoms with Crippen LogP contribution in [-0.2, 0) is 11.3 Å². The number of hydrogen-bond donors (Lipinski definition) is 1. The third-order valence-electron chi connectivity index (χ3n) is 4.26. The molecule has 0 aliphatic carbocycles. The van der Waals surface area contributed by atoms with Gasteiger partial charge in [0.25, 0.3) is 11.5 Å².